The Kier molecular flexibility index (Phi) is 6.81. The van der Waals surface area contributed by atoms with Crippen LogP contribution in [-0.4, -0.2) is 16.6 Å². The fraction of sp³-hybridized carbons (Fsp3) is 0.500. The molecule has 0 aliphatic carbocycles. The lowest BCUT2D eigenvalue weighted by Gasteiger charge is -2.06. The Bertz CT molecular complexity index is 356. The minimum atomic E-state index is 0.329. The summed E-state index contributed by atoms with van der Waals surface area (Å²) in [7, 11) is 0. The van der Waals surface area contributed by atoms with Crippen molar-refractivity contribution in [1.82, 2.24) is 10.3 Å². The van der Waals surface area contributed by atoms with Gasteiger partial charge in [0, 0.05) is 4.91 Å². The standard InChI is InChI=1S/C10H14N2OS.C2H6/c1-6(2)7(3)9-10(8(4)14-5)12-13-11-9;1-2/h6H,3-4H2,1-2,5H3;1-2H3. The van der Waals surface area contributed by atoms with E-state index in [1.165, 1.54) is 11.8 Å². The molecule has 1 aromatic heterocycles. The van der Waals surface area contributed by atoms with Crippen LogP contribution in [0.15, 0.2) is 17.8 Å². The molecule has 0 radical (unpaired) electrons. The van der Waals surface area contributed by atoms with Gasteiger partial charge in [0.1, 0.15) is 11.4 Å². The first-order valence-electron chi connectivity index (χ1n) is 5.33. The van der Waals surface area contributed by atoms with E-state index in [-0.39, 0.29) is 0 Å². The summed E-state index contributed by atoms with van der Waals surface area (Å²) in [6, 6.07) is 0. The third kappa shape index (κ3) is 3.52. The molecule has 0 saturated heterocycles. The first-order chi connectivity index (χ1) is 7.57. The van der Waals surface area contributed by atoms with Crippen molar-refractivity contribution in [3.63, 3.8) is 0 Å². The largest absolute Gasteiger partial charge is 0.243 e. The van der Waals surface area contributed by atoms with Gasteiger partial charge >= 0.3 is 0 Å². The van der Waals surface area contributed by atoms with Crippen molar-refractivity contribution in [2.24, 2.45) is 5.92 Å². The summed E-state index contributed by atoms with van der Waals surface area (Å²) in [4.78, 5) is 0.850. The van der Waals surface area contributed by atoms with Crippen LogP contribution < -0.4 is 0 Å². The molecule has 16 heavy (non-hydrogen) atoms. The second-order valence-electron chi connectivity index (χ2n) is 3.27. The molecule has 0 bridgehead atoms. The number of rotatable bonds is 4. The average Bonchev–Trinajstić information content (AvgIpc) is 2.78. The highest BCUT2D eigenvalue weighted by Gasteiger charge is 2.17. The molecule has 0 aliphatic heterocycles. The summed E-state index contributed by atoms with van der Waals surface area (Å²) in [6.07, 6.45) is 1.94. The van der Waals surface area contributed by atoms with Gasteiger partial charge in [-0.05, 0) is 28.1 Å². The molecule has 1 heterocycles. The van der Waals surface area contributed by atoms with E-state index >= 15 is 0 Å². The van der Waals surface area contributed by atoms with E-state index in [0.29, 0.717) is 11.6 Å². The van der Waals surface area contributed by atoms with Gasteiger partial charge in [-0.25, -0.2) is 4.63 Å². The molecule has 0 amide bonds. The number of thioether (sulfide) groups is 1. The number of aromatic nitrogens is 2. The summed E-state index contributed by atoms with van der Waals surface area (Å²) in [5.41, 5.74) is 2.35. The number of nitrogens with zero attached hydrogens (tertiary/aromatic N) is 2. The third-order valence-corrected chi connectivity index (χ3v) is 2.69. The maximum Gasteiger partial charge on any atom is 0.148 e. The molecule has 0 saturated carbocycles. The van der Waals surface area contributed by atoms with Gasteiger partial charge in [0.15, 0.2) is 0 Å². The van der Waals surface area contributed by atoms with Gasteiger partial charge in [-0.3, -0.25) is 0 Å². The summed E-state index contributed by atoms with van der Waals surface area (Å²) < 4.78 is 4.70. The number of hydrogen-bond donors (Lipinski definition) is 0. The van der Waals surface area contributed by atoms with Crippen LogP contribution in [0.1, 0.15) is 39.1 Å². The minimum absolute atomic E-state index is 0.329. The summed E-state index contributed by atoms with van der Waals surface area (Å²) in [6.45, 7) is 16.0. The molecule has 0 N–H and O–H groups in total. The fourth-order valence-corrected chi connectivity index (χ4v) is 1.28. The maximum atomic E-state index is 4.70. The monoisotopic (exact) mass is 240 g/mol. The summed E-state index contributed by atoms with van der Waals surface area (Å²) in [5, 5.41) is 7.67. The minimum Gasteiger partial charge on any atom is -0.243 e. The van der Waals surface area contributed by atoms with E-state index in [2.05, 4.69) is 37.3 Å². The van der Waals surface area contributed by atoms with Crippen LogP contribution in [0.25, 0.3) is 10.5 Å². The zero-order valence-corrected chi connectivity index (χ0v) is 11.5. The molecule has 4 heteroatoms. The summed E-state index contributed by atoms with van der Waals surface area (Å²) >= 11 is 1.53. The molecular weight excluding hydrogens is 220 g/mol. The lowest BCUT2D eigenvalue weighted by Crippen LogP contribution is -1.95. The van der Waals surface area contributed by atoms with Crippen LogP contribution in [0.4, 0.5) is 0 Å². The highest BCUT2D eigenvalue weighted by atomic mass is 32.2. The van der Waals surface area contributed by atoms with Crippen LogP contribution >= 0.6 is 11.8 Å². The van der Waals surface area contributed by atoms with Crippen molar-refractivity contribution in [2.45, 2.75) is 27.7 Å². The van der Waals surface area contributed by atoms with Gasteiger partial charge in [-0.1, -0.05) is 40.9 Å². The fourth-order valence-electron chi connectivity index (χ4n) is 0.952. The normalized spacial score (nSPS) is 9.62. The van der Waals surface area contributed by atoms with E-state index in [4.69, 9.17) is 4.63 Å². The molecule has 1 rings (SSSR count). The Labute approximate surface area is 102 Å². The molecule has 3 nitrogen and oxygen atoms in total. The molecule has 0 spiro atoms. The number of allylic oxidation sites excluding steroid dienone is 1. The van der Waals surface area contributed by atoms with Crippen LogP contribution in [-0.2, 0) is 0 Å². The van der Waals surface area contributed by atoms with Crippen molar-refractivity contribution in [3.8, 4) is 0 Å². The van der Waals surface area contributed by atoms with Gasteiger partial charge in [0.2, 0.25) is 0 Å². The second-order valence-corrected chi connectivity index (χ2v) is 4.17. The molecule has 1 aromatic rings. The van der Waals surface area contributed by atoms with Crippen molar-refractivity contribution in [3.05, 3.63) is 24.5 Å². The van der Waals surface area contributed by atoms with Gasteiger partial charge in [-0.2, -0.15) is 0 Å². The first kappa shape index (κ1) is 15.0. The zero-order chi connectivity index (χ0) is 12.7. The van der Waals surface area contributed by atoms with Crippen LogP contribution in [0, 0.1) is 5.92 Å². The van der Waals surface area contributed by atoms with Gasteiger partial charge in [0.05, 0.1) is 0 Å². The van der Waals surface area contributed by atoms with Crippen molar-refractivity contribution >= 4 is 22.2 Å². The lowest BCUT2D eigenvalue weighted by atomic mass is 10.0. The van der Waals surface area contributed by atoms with Crippen LogP contribution in [0.5, 0.6) is 0 Å². The highest BCUT2D eigenvalue weighted by Crippen LogP contribution is 2.29. The van der Waals surface area contributed by atoms with E-state index in [1.54, 1.807) is 0 Å². The SMILES string of the molecule is C=C(SC)c1nonc1C(=C)C(C)C.CC. The molecule has 0 fully saturated rings. The topological polar surface area (TPSA) is 38.9 Å². The Morgan fingerprint density at radius 1 is 1.19 bits per heavy atom. The molecule has 0 atom stereocenters. The van der Waals surface area contributed by atoms with Crippen molar-refractivity contribution in [2.75, 3.05) is 6.26 Å². The predicted octanol–water partition coefficient (Wildman–Crippen LogP) is 4.10. The smallest absolute Gasteiger partial charge is 0.148 e. The third-order valence-electron chi connectivity index (χ3n) is 2.00. The lowest BCUT2D eigenvalue weighted by molar-refractivity contribution is 0.305. The molecule has 0 aliphatic rings. The van der Waals surface area contributed by atoms with Crippen molar-refractivity contribution in [1.29, 1.82) is 0 Å². The predicted molar refractivity (Wildman–Crippen MR) is 72.1 cm³/mol. The molecule has 90 valence electrons. The first-order valence-corrected chi connectivity index (χ1v) is 6.55. The molecule has 0 unspecified atom stereocenters. The van der Waals surface area contributed by atoms with Gasteiger partial charge in [-0.15, -0.1) is 11.8 Å². The Morgan fingerprint density at radius 3 is 2.12 bits per heavy atom. The molecule has 0 aromatic carbocycles. The zero-order valence-electron chi connectivity index (χ0n) is 10.7. The number of hydrogen-bond acceptors (Lipinski definition) is 4. The average molecular weight is 240 g/mol. The van der Waals surface area contributed by atoms with E-state index in [9.17, 15) is 0 Å². The van der Waals surface area contributed by atoms with Gasteiger partial charge < -0.3 is 0 Å². The Hall–Kier alpha value is -1.03. The molecular formula is C12H20N2OS. The van der Waals surface area contributed by atoms with E-state index in [0.717, 1.165) is 16.2 Å². The Morgan fingerprint density at radius 2 is 1.69 bits per heavy atom. The van der Waals surface area contributed by atoms with Gasteiger partial charge in [0.25, 0.3) is 0 Å². The quantitative estimate of drug-likeness (QED) is 0.794. The Balaban J connectivity index is 0.00000106. The second kappa shape index (κ2) is 7.28. The van der Waals surface area contributed by atoms with Crippen LogP contribution in [0.2, 0.25) is 0 Å². The van der Waals surface area contributed by atoms with E-state index in [1.807, 2.05) is 20.1 Å². The van der Waals surface area contributed by atoms with Crippen molar-refractivity contribution < 1.29 is 4.63 Å². The maximum absolute atomic E-state index is 4.70. The van der Waals surface area contributed by atoms with Crippen LogP contribution in [0.3, 0.4) is 0 Å². The highest BCUT2D eigenvalue weighted by molar-refractivity contribution is 8.07. The van der Waals surface area contributed by atoms with E-state index < -0.39 is 0 Å². The summed E-state index contributed by atoms with van der Waals surface area (Å²) in [5.74, 6) is 0.329.